The number of nitrogens with one attached hydrogen (secondary N) is 4. The van der Waals surface area contributed by atoms with Gasteiger partial charge in [0.05, 0.1) is 13.1 Å². The Hall–Kier alpha value is -3.32. The fourth-order valence-corrected chi connectivity index (χ4v) is 4.89. The number of benzene rings is 2. The molecular weight excluding hydrogens is 548 g/mol. The van der Waals surface area contributed by atoms with E-state index in [9.17, 15) is 9.59 Å². The molecule has 2 aliphatic rings. The van der Waals surface area contributed by atoms with Crippen LogP contribution in [0.25, 0.3) is 0 Å². The smallest absolute Gasteiger partial charge is 0.242 e. The summed E-state index contributed by atoms with van der Waals surface area (Å²) < 4.78 is 5.91. The number of allylic oxidation sites excluding steroid dienone is 1. The lowest BCUT2D eigenvalue weighted by atomic mass is 9.90. The van der Waals surface area contributed by atoms with Gasteiger partial charge in [0.25, 0.3) is 0 Å². The number of hydrogen-bond donors (Lipinski definition) is 4. The molecule has 0 radical (unpaired) electrons. The highest BCUT2D eigenvalue weighted by Crippen LogP contribution is 2.28. The summed E-state index contributed by atoms with van der Waals surface area (Å²) in [6, 6.07) is 16.5. The number of amides is 2. The summed E-state index contributed by atoms with van der Waals surface area (Å²) in [4.78, 5) is 25.1. The normalized spacial score (nSPS) is 18.1. The number of aryl methyl sites for hydroxylation is 3. The molecule has 7 heteroatoms. The van der Waals surface area contributed by atoms with Gasteiger partial charge in [0, 0.05) is 18.8 Å². The molecule has 1 unspecified atom stereocenters. The Morgan fingerprint density at radius 2 is 1.55 bits per heavy atom. The third-order valence-corrected chi connectivity index (χ3v) is 7.46. The number of carbonyl (C=O) groups is 2. The molecule has 4 N–H and O–H groups in total. The lowest BCUT2D eigenvalue weighted by molar-refractivity contribution is -0.123. The SMILES string of the molecule is CCC.CCCC1NC(=C2CCC2)CNC(=O)CNCCOc2ccccc2CCCNC1=O.CCCc1ccc(C)cc1. The van der Waals surface area contributed by atoms with Gasteiger partial charge >= 0.3 is 0 Å². The number of fused-ring (bicyclic) bond motifs is 1. The molecule has 4 rings (SSSR count). The zero-order valence-corrected chi connectivity index (χ0v) is 28.0. The van der Waals surface area contributed by atoms with E-state index in [0.717, 1.165) is 55.5 Å². The first-order chi connectivity index (χ1) is 21.4. The molecule has 2 aromatic rings. The summed E-state index contributed by atoms with van der Waals surface area (Å²) in [5.74, 6) is 0.832. The number of carbonyl (C=O) groups excluding carboxylic acids is 2. The van der Waals surface area contributed by atoms with Crippen LogP contribution in [0.3, 0.4) is 0 Å². The molecule has 7 nitrogen and oxygen atoms in total. The Labute approximate surface area is 267 Å². The molecule has 244 valence electrons. The van der Waals surface area contributed by atoms with E-state index in [4.69, 9.17) is 4.74 Å². The predicted molar refractivity (Wildman–Crippen MR) is 183 cm³/mol. The molecule has 0 spiro atoms. The van der Waals surface area contributed by atoms with E-state index in [2.05, 4.69) is 86.2 Å². The van der Waals surface area contributed by atoms with Gasteiger partial charge in [-0.1, -0.05) is 95.0 Å². The van der Waals surface area contributed by atoms with Gasteiger partial charge in [0.1, 0.15) is 18.4 Å². The van der Waals surface area contributed by atoms with Crippen LogP contribution in [0, 0.1) is 6.92 Å². The monoisotopic (exact) mass is 606 g/mol. The molecule has 44 heavy (non-hydrogen) atoms. The van der Waals surface area contributed by atoms with Crippen LogP contribution in [-0.4, -0.2) is 50.6 Å². The van der Waals surface area contributed by atoms with Crippen LogP contribution in [0.1, 0.15) is 95.8 Å². The van der Waals surface area contributed by atoms with Crippen molar-refractivity contribution in [2.75, 3.05) is 32.8 Å². The standard InChI is InChI=1S/C24H36N4O3.C10H14.C3H8/c1-2-7-20-24(30)26-13-6-11-19-8-3-4-12-22(19)31-15-14-25-17-23(29)27-16-21(28-20)18-9-5-10-18;1-3-4-10-7-5-9(2)6-8-10;1-3-2/h3-4,8,12,20,25,28H,2,5-7,9-11,13-17H2,1H3,(H,26,30)(H,27,29);5-8H,3-4H2,1-2H3;3H2,1-2H3. The van der Waals surface area contributed by atoms with Gasteiger partial charge in [-0.3, -0.25) is 9.59 Å². The van der Waals surface area contributed by atoms with Crippen molar-refractivity contribution in [3.8, 4) is 5.75 Å². The Kier molecular flexibility index (Phi) is 18.6. The summed E-state index contributed by atoms with van der Waals surface area (Å²) in [5.41, 5.74) is 6.26. The Morgan fingerprint density at radius 3 is 2.20 bits per heavy atom. The molecule has 0 bridgehead atoms. The van der Waals surface area contributed by atoms with Crippen molar-refractivity contribution in [3.05, 3.63) is 76.5 Å². The van der Waals surface area contributed by atoms with Crippen molar-refractivity contribution in [1.82, 2.24) is 21.3 Å². The fraction of sp³-hybridized carbons (Fsp3) is 0.568. The van der Waals surface area contributed by atoms with Crippen molar-refractivity contribution < 1.29 is 14.3 Å². The maximum atomic E-state index is 12.9. The topological polar surface area (TPSA) is 91.5 Å². The highest BCUT2D eigenvalue weighted by atomic mass is 16.5. The van der Waals surface area contributed by atoms with Crippen molar-refractivity contribution in [2.45, 2.75) is 105 Å². The highest BCUT2D eigenvalue weighted by Gasteiger charge is 2.22. The van der Waals surface area contributed by atoms with Crippen LogP contribution in [0.2, 0.25) is 0 Å². The molecule has 0 aromatic heterocycles. The van der Waals surface area contributed by atoms with Gasteiger partial charge in [-0.05, 0) is 74.6 Å². The zero-order chi connectivity index (χ0) is 32.0. The molecule has 1 fully saturated rings. The van der Waals surface area contributed by atoms with Crippen LogP contribution >= 0.6 is 0 Å². The molecule has 1 aliphatic heterocycles. The van der Waals surface area contributed by atoms with Crippen LogP contribution in [0.15, 0.2) is 59.8 Å². The van der Waals surface area contributed by atoms with Crippen molar-refractivity contribution in [2.24, 2.45) is 0 Å². The van der Waals surface area contributed by atoms with E-state index in [1.807, 2.05) is 18.2 Å². The Balaban J connectivity index is 0.000000432. The lowest BCUT2D eigenvalue weighted by Gasteiger charge is -2.27. The molecule has 2 amide bonds. The summed E-state index contributed by atoms with van der Waals surface area (Å²) in [6.07, 6.45) is 10.3. The third kappa shape index (κ3) is 14.4. The van der Waals surface area contributed by atoms with Crippen LogP contribution in [-0.2, 0) is 22.4 Å². The van der Waals surface area contributed by atoms with Crippen LogP contribution in [0.4, 0.5) is 0 Å². The fourth-order valence-electron chi connectivity index (χ4n) is 4.89. The van der Waals surface area contributed by atoms with Crippen LogP contribution in [0.5, 0.6) is 5.75 Å². The molecule has 1 aliphatic carbocycles. The minimum Gasteiger partial charge on any atom is -0.492 e. The van der Waals surface area contributed by atoms with E-state index < -0.39 is 0 Å². The van der Waals surface area contributed by atoms with E-state index in [-0.39, 0.29) is 24.4 Å². The molecule has 0 saturated heterocycles. The third-order valence-electron chi connectivity index (χ3n) is 7.46. The second kappa shape index (κ2) is 22.2. The van der Waals surface area contributed by atoms with Crippen molar-refractivity contribution >= 4 is 11.8 Å². The quantitative estimate of drug-likeness (QED) is 0.324. The summed E-state index contributed by atoms with van der Waals surface area (Å²) in [7, 11) is 0. The zero-order valence-electron chi connectivity index (χ0n) is 28.0. The average Bonchev–Trinajstić information content (AvgIpc) is 2.99. The first-order valence-corrected chi connectivity index (χ1v) is 16.9. The van der Waals surface area contributed by atoms with Gasteiger partial charge in [-0.25, -0.2) is 0 Å². The van der Waals surface area contributed by atoms with E-state index in [0.29, 0.717) is 26.2 Å². The second-order valence-corrected chi connectivity index (χ2v) is 11.7. The second-order valence-electron chi connectivity index (χ2n) is 11.7. The summed E-state index contributed by atoms with van der Waals surface area (Å²) in [6.45, 7) is 13.1. The number of para-hydroxylation sites is 1. The lowest BCUT2D eigenvalue weighted by Crippen LogP contribution is -2.47. The molecule has 2 aromatic carbocycles. The van der Waals surface area contributed by atoms with E-state index in [1.165, 1.54) is 42.4 Å². The van der Waals surface area contributed by atoms with Gasteiger partial charge in [0.15, 0.2) is 0 Å². The molecule has 1 heterocycles. The Bertz CT molecular complexity index is 1120. The van der Waals surface area contributed by atoms with E-state index in [1.54, 1.807) is 0 Å². The van der Waals surface area contributed by atoms with Gasteiger partial charge < -0.3 is 26.0 Å². The maximum Gasteiger partial charge on any atom is 0.242 e. The van der Waals surface area contributed by atoms with Crippen LogP contribution < -0.4 is 26.0 Å². The van der Waals surface area contributed by atoms with Crippen molar-refractivity contribution in [1.29, 1.82) is 0 Å². The summed E-state index contributed by atoms with van der Waals surface area (Å²) in [5, 5.41) is 12.7. The Morgan fingerprint density at radius 1 is 0.818 bits per heavy atom. The minimum absolute atomic E-state index is 0.0259. The molecular formula is C37H58N4O3. The van der Waals surface area contributed by atoms with Crippen molar-refractivity contribution in [3.63, 3.8) is 0 Å². The number of ether oxygens (including phenoxy) is 1. The number of rotatable bonds is 4. The van der Waals surface area contributed by atoms with E-state index >= 15 is 0 Å². The minimum atomic E-state index is -0.280. The molecule has 1 atom stereocenters. The number of hydrogen-bond acceptors (Lipinski definition) is 5. The highest BCUT2D eigenvalue weighted by molar-refractivity contribution is 5.82. The van der Waals surface area contributed by atoms with Gasteiger partial charge in [-0.2, -0.15) is 0 Å². The average molecular weight is 607 g/mol. The molecule has 1 saturated carbocycles. The van der Waals surface area contributed by atoms with Gasteiger partial charge in [0.2, 0.25) is 11.8 Å². The predicted octanol–water partition coefficient (Wildman–Crippen LogP) is 6.39. The largest absolute Gasteiger partial charge is 0.492 e. The first-order valence-electron chi connectivity index (χ1n) is 16.9. The first kappa shape index (κ1) is 36.9. The van der Waals surface area contributed by atoms with Gasteiger partial charge in [-0.15, -0.1) is 0 Å². The maximum absolute atomic E-state index is 12.9. The summed E-state index contributed by atoms with van der Waals surface area (Å²) >= 11 is 0.